The third-order valence-electron chi connectivity index (χ3n) is 6.58. The Morgan fingerprint density at radius 3 is 2.62 bits per heavy atom. The number of hydrogen-bond donors (Lipinski definition) is 1. The Kier molecular flexibility index (Phi) is 6.65. The molecule has 156 valence electrons. The van der Waals surface area contributed by atoms with E-state index >= 15 is 0 Å². The van der Waals surface area contributed by atoms with Gasteiger partial charge >= 0.3 is 0 Å². The van der Waals surface area contributed by atoms with Crippen molar-refractivity contribution in [1.82, 2.24) is 10.2 Å². The van der Waals surface area contributed by atoms with Gasteiger partial charge in [-0.1, -0.05) is 61.3 Å². The van der Waals surface area contributed by atoms with E-state index in [-0.39, 0.29) is 22.2 Å². The van der Waals surface area contributed by atoms with Crippen LogP contribution in [0.15, 0.2) is 42.5 Å². The van der Waals surface area contributed by atoms with Crippen LogP contribution in [0.1, 0.15) is 60.6 Å². The first-order chi connectivity index (χ1) is 13.8. The molecule has 3 atom stereocenters. The second kappa shape index (κ2) is 8.85. The van der Waals surface area contributed by atoms with Gasteiger partial charge in [-0.15, -0.1) is 0 Å². The number of nitrogens with zero attached hydrogens (tertiary/aromatic N) is 1. The highest BCUT2D eigenvalue weighted by Gasteiger charge is 2.43. The molecule has 0 bridgehead atoms. The summed E-state index contributed by atoms with van der Waals surface area (Å²) in [5, 5.41) is 3.30. The zero-order valence-electron chi connectivity index (χ0n) is 17.6. The standard InChI is InChI=1S/C24H30ClFN2O/c1-5-17-13-14-24(3,28(4)15-17)22(18-9-7-6-8-10-18)27-23(29)20-19(26)12-11-16(2)21(20)25/h6-12,17,22H,5,13-15H2,1-4H3,(H,27,29). The molecule has 0 saturated carbocycles. The summed E-state index contributed by atoms with van der Waals surface area (Å²) in [5.74, 6) is -0.417. The molecule has 0 radical (unpaired) electrons. The average Bonchev–Trinajstić information content (AvgIpc) is 2.72. The number of rotatable bonds is 5. The van der Waals surface area contributed by atoms with Crippen LogP contribution in [-0.4, -0.2) is 29.9 Å². The molecular weight excluding hydrogens is 387 g/mol. The van der Waals surface area contributed by atoms with E-state index in [4.69, 9.17) is 11.6 Å². The highest BCUT2D eigenvalue weighted by molar-refractivity contribution is 6.34. The molecule has 1 aliphatic rings. The molecule has 0 spiro atoms. The summed E-state index contributed by atoms with van der Waals surface area (Å²) in [6, 6.07) is 12.5. The summed E-state index contributed by atoms with van der Waals surface area (Å²) in [6.45, 7) is 7.16. The maximum Gasteiger partial charge on any atom is 0.256 e. The molecule has 0 aliphatic carbocycles. The van der Waals surface area contributed by atoms with Gasteiger partial charge in [0.1, 0.15) is 5.82 Å². The predicted molar refractivity (Wildman–Crippen MR) is 117 cm³/mol. The van der Waals surface area contributed by atoms with Crippen LogP contribution in [-0.2, 0) is 0 Å². The fourth-order valence-electron chi connectivity index (χ4n) is 4.38. The lowest BCUT2D eigenvalue weighted by Crippen LogP contribution is -2.57. The second-order valence-electron chi connectivity index (χ2n) is 8.42. The van der Waals surface area contributed by atoms with E-state index < -0.39 is 11.7 Å². The minimum Gasteiger partial charge on any atom is -0.343 e. The molecule has 0 aromatic heterocycles. The van der Waals surface area contributed by atoms with Crippen LogP contribution in [0, 0.1) is 18.7 Å². The minimum absolute atomic E-state index is 0.0823. The quantitative estimate of drug-likeness (QED) is 0.671. The number of likely N-dealkylation sites (tertiary alicyclic amines) is 1. The Labute approximate surface area is 178 Å². The SMILES string of the molecule is CCC1CCC(C)(C(NC(=O)c2c(F)ccc(C)c2Cl)c2ccccc2)N(C)C1. The Morgan fingerprint density at radius 2 is 2.00 bits per heavy atom. The van der Waals surface area contributed by atoms with Gasteiger partial charge in [0.25, 0.3) is 5.91 Å². The van der Waals surface area contributed by atoms with Gasteiger partial charge in [0.05, 0.1) is 16.6 Å². The smallest absolute Gasteiger partial charge is 0.256 e. The first-order valence-electron chi connectivity index (χ1n) is 10.3. The van der Waals surface area contributed by atoms with Gasteiger partial charge in [-0.25, -0.2) is 4.39 Å². The number of benzene rings is 2. The van der Waals surface area contributed by atoms with Crippen LogP contribution in [0.5, 0.6) is 0 Å². The molecule has 3 unspecified atom stereocenters. The molecule has 5 heteroatoms. The van der Waals surface area contributed by atoms with Crippen molar-refractivity contribution in [3.8, 4) is 0 Å². The molecular formula is C24H30ClFN2O. The number of aryl methyl sites for hydroxylation is 1. The van der Waals surface area contributed by atoms with Crippen molar-refractivity contribution >= 4 is 17.5 Å². The topological polar surface area (TPSA) is 32.3 Å². The molecule has 1 N–H and O–H groups in total. The van der Waals surface area contributed by atoms with E-state index in [0.717, 1.165) is 31.4 Å². The van der Waals surface area contributed by atoms with E-state index in [0.29, 0.717) is 11.5 Å². The summed E-state index contributed by atoms with van der Waals surface area (Å²) in [4.78, 5) is 15.5. The third-order valence-corrected chi connectivity index (χ3v) is 7.07. The Hall–Kier alpha value is -1.91. The van der Waals surface area contributed by atoms with Gasteiger partial charge in [-0.2, -0.15) is 0 Å². The number of hydrogen-bond acceptors (Lipinski definition) is 2. The summed E-state index contributed by atoms with van der Waals surface area (Å²) in [6.07, 6.45) is 3.20. The molecule has 29 heavy (non-hydrogen) atoms. The minimum atomic E-state index is -0.599. The van der Waals surface area contributed by atoms with Gasteiger partial charge in [0, 0.05) is 12.1 Å². The van der Waals surface area contributed by atoms with E-state index in [1.807, 2.05) is 30.3 Å². The highest BCUT2D eigenvalue weighted by Crippen LogP contribution is 2.40. The van der Waals surface area contributed by atoms with E-state index in [2.05, 4.69) is 31.1 Å². The maximum atomic E-state index is 14.5. The van der Waals surface area contributed by atoms with Crippen molar-refractivity contribution in [3.05, 3.63) is 70.0 Å². The number of carbonyl (C=O) groups excluding carboxylic acids is 1. The van der Waals surface area contributed by atoms with Crippen molar-refractivity contribution in [3.63, 3.8) is 0 Å². The summed E-state index contributed by atoms with van der Waals surface area (Å²) in [5.41, 5.74) is 1.33. The molecule has 3 nitrogen and oxygen atoms in total. The first-order valence-corrected chi connectivity index (χ1v) is 10.7. The first kappa shape index (κ1) is 21.8. The number of halogens is 2. The fourth-order valence-corrected chi connectivity index (χ4v) is 4.62. The molecule has 2 aromatic carbocycles. The van der Waals surface area contributed by atoms with Crippen LogP contribution in [0.25, 0.3) is 0 Å². The molecule has 2 aromatic rings. The lowest BCUT2D eigenvalue weighted by atomic mass is 9.75. The van der Waals surface area contributed by atoms with E-state index in [1.54, 1.807) is 13.0 Å². The van der Waals surface area contributed by atoms with E-state index in [1.165, 1.54) is 6.07 Å². The van der Waals surface area contributed by atoms with Gasteiger partial charge in [0.2, 0.25) is 0 Å². The number of amides is 1. The fraction of sp³-hybridized carbons (Fsp3) is 0.458. The largest absolute Gasteiger partial charge is 0.343 e. The maximum absolute atomic E-state index is 14.5. The lowest BCUT2D eigenvalue weighted by molar-refractivity contribution is 0.0228. The zero-order valence-corrected chi connectivity index (χ0v) is 18.4. The normalized spacial score (nSPS) is 23.6. The van der Waals surface area contributed by atoms with Crippen LogP contribution < -0.4 is 5.32 Å². The van der Waals surface area contributed by atoms with Crippen LogP contribution in [0.2, 0.25) is 5.02 Å². The highest BCUT2D eigenvalue weighted by atomic mass is 35.5. The average molecular weight is 417 g/mol. The number of carbonyl (C=O) groups is 1. The molecule has 1 aliphatic heterocycles. The van der Waals surface area contributed by atoms with Gasteiger partial charge in [0.15, 0.2) is 0 Å². The number of likely N-dealkylation sites (N-methyl/N-ethyl adjacent to an activating group) is 1. The van der Waals surface area contributed by atoms with Crippen LogP contribution >= 0.6 is 11.6 Å². The van der Waals surface area contributed by atoms with Crippen molar-refractivity contribution in [2.24, 2.45) is 5.92 Å². The Balaban J connectivity index is 1.98. The zero-order chi connectivity index (χ0) is 21.2. The molecule has 1 heterocycles. The Morgan fingerprint density at radius 1 is 1.31 bits per heavy atom. The third kappa shape index (κ3) is 4.34. The Bertz CT molecular complexity index is 873. The molecule has 1 amide bonds. The predicted octanol–water partition coefficient (Wildman–Crippen LogP) is 5.77. The van der Waals surface area contributed by atoms with E-state index in [9.17, 15) is 9.18 Å². The molecule has 3 rings (SSSR count). The van der Waals surface area contributed by atoms with Crippen LogP contribution in [0.3, 0.4) is 0 Å². The lowest BCUT2D eigenvalue weighted by Gasteiger charge is -2.50. The number of piperidine rings is 1. The van der Waals surface area contributed by atoms with Crippen LogP contribution in [0.4, 0.5) is 4.39 Å². The summed E-state index contributed by atoms with van der Waals surface area (Å²) >= 11 is 6.30. The molecule has 1 saturated heterocycles. The number of nitrogens with one attached hydrogen (secondary N) is 1. The van der Waals surface area contributed by atoms with Crippen molar-refractivity contribution < 1.29 is 9.18 Å². The monoisotopic (exact) mass is 416 g/mol. The van der Waals surface area contributed by atoms with Crippen molar-refractivity contribution in [2.75, 3.05) is 13.6 Å². The van der Waals surface area contributed by atoms with Gasteiger partial charge in [-0.05, 0) is 56.8 Å². The van der Waals surface area contributed by atoms with Crippen molar-refractivity contribution in [1.29, 1.82) is 0 Å². The molecule has 1 fully saturated rings. The van der Waals surface area contributed by atoms with Gasteiger partial charge in [-0.3, -0.25) is 9.69 Å². The summed E-state index contributed by atoms with van der Waals surface area (Å²) in [7, 11) is 2.12. The van der Waals surface area contributed by atoms with Gasteiger partial charge < -0.3 is 5.32 Å². The van der Waals surface area contributed by atoms with Crippen molar-refractivity contribution in [2.45, 2.75) is 51.6 Å². The summed E-state index contributed by atoms with van der Waals surface area (Å²) < 4.78 is 14.5. The second-order valence-corrected chi connectivity index (χ2v) is 8.80.